The van der Waals surface area contributed by atoms with E-state index in [0.29, 0.717) is 12.2 Å². The van der Waals surface area contributed by atoms with Crippen molar-refractivity contribution in [3.63, 3.8) is 0 Å². The molecule has 18 heavy (non-hydrogen) atoms. The number of hydrogen-bond donors (Lipinski definition) is 1. The van der Waals surface area contributed by atoms with E-state index >= 15 is 0 Å². The highest BCUT2D eigenvalue weighted by atomic mass is 16.6. The number of anilines is 1. The fourth-order valence-corrected chi connectivity index (χ4v) is 1.77. The maximum Gasteiger partial charge on any atom is 0.386 e. The quantitative estimate of drug-likeness (QED) is 0.567. The number of nitrogens with zero attached hydrogens (tertiary/aromatic N) is 3. The number of hydrogen-bond acceptors (Lipinski definition) is 5. The van der Waals surface area contributed by atoms with Gasteiger partial charge in [-0.1, -0.05) is 13.8 Å². The minimum absolute atomic E-state index is 0.115. The van der Waals surface area contributed by atoms with Crippen molar-refractivity contribution in [2.75, 3.05) is 31.5 Å². The molecule has 0 spiro atoms. The van der Waals surface area contributed by atoms with Crippen molar-refractivity contribution in [1.82, 2.24) is 9.88 Å². The van der Waals surface area contributed by atoms with Gasteiger partial charge in [0.2, 0.25) is 0 Å². The summed E-state index contributed by atoms with van der Waals surface area (Å²) in [5, 5.41) is 13.8. The number of nitro groups is 1. The van der Waals surface area contributed by atoms with Gasteiger partial charge >= 0.3 is 5.82 Å². The summed E-state index contributed by atoms with van der Waals surface area (Å²) in [6.07, 6.45) is 2.54. The van der Waals surface area contributed by atoms with Crippen LogP contribution in [-0.4, -0.2) is 41.0 Å². The maximum atomic E-state index is 10.8. The second-order valence-corrected chi connectivity index (χ2v) is 3.99. The molecule has 1 rings (SSSR count). The number of nitrogens with one attached hydrogen (secondary N) is 1. The predicted molar refractivity (Wildman–Crippen MR) is 71.8 cm³/mol. The standard InChI is InChI=1S/C12H20N4O2/c1-3-9-15(4-2)10-8-13-11-6-5-7-14-12(11)16(17)18/h5-7,13H,3-4,8-10H2,1-2H3. The van der Waals surface area contributed by atoms with Crippen molar-refractivity contribution >= 4 is 11.5 Å². The molecule has 6 heteroatoms. The largest absolute Gasteiger partial charge is 0.386 e. The molecule has 0 unspecified atom stereocenters. The lowest BCUT2D eigenvalue weighted by atomic mass is 10.3. The number of aromatic nitrogens is 1. The summed E-state index contributed by atoms with van der Waals surface area (Å²) in [5.41, 5.74) is 0.482. The van der Waals surface area contributed by atoms with Crippen molar-refractivity contribution in [2.24, 2.45) is 0 Å². The maximum absolute atomic E-state index is 10.8. The Hall–Kier alpha value is -1.69. The molecule has 0 radical (unpaired) electrons. The third kappa shape index (κ3) is 4.29. The van der Waals surface area contributed by atoms with Gasteiger partial charge in [0.15, 0.2) is 0 Å². The molecular weight excluding hydrogens is 232 g/mol. The first-order chi connectivity index (χ1) is 8.69. The van der Waals surface area contributed by atoms with E-state index in [4.69, 9.17) is 0 Å². The fourth-order valence-electron chi connectivity index (χ4n) is 1.77. The van der Waals surface area contributed by atoms with Crippen LogP contribution in [0.4, 0.5) is 11.5 Å². The molecule has 1 aromatic heterocycles. The van der Waals surface area contributed by atoms with Crippen molar-refractivity contribution < 1.29 is 4.92 Å². The number of rotatable bonds is 8. The van der Waals surface area contributed by atoms with Gasteiger partial charge in [0, 0.05) is 13.1 Å². The number of pyridine rings is 1. The Morgan fingerprint density at radius 2 is 2.22 bits per heavy atom. The molecule has 1 N–H and O–H groups in total. The summed E-state index contributed by atoms with van der Waals surface area (Å²) in [5.74, 6) is -0.115. The summed E-state index contributed by atoms with van der Waals surface area (Å²) in [7, 11) is 0. The van der Waals surface area contributed by atoms with Crippen molar-refractivity contribution in [3.05, 3.63) is 28.4 Å². The first kappa shape index (κ1) is 14.4. The van der Waals surface area contributed by atoms with Crippen LogP contribution >= 0.6 is 0 Å². The van der Waals surface area contributed by atoms with Crippen LogP contribution in [0.2, 0.25) is 0 Å². The summed E-state index contributed by atoms with van der Waals surface area (Å²) >= 11 is 0. The molecule has 0 saturated heterocycles. The van der Waals surface area contributed by atoms with E-state index in [9.17, 15) is 10.1 Å². The topological polar surface area (TPSA) is 71.3 Å². The normalized spacial score (nSPS) is 10.6. The van der Waals surface area contributed by atoms with Crippen LogP contribution < -0.4 is 5.32 Å². The van der Waals surface area contributed by atoms with Crippen LogP contribution in [0.5, 0.6) is 0 Å². The Morgan fingerprint density at radius 3 is 2.83 bits per heavy atom. The average molecular weight is 252 g/mol. The van der Waals surface area contributed by atoms with Gasteiger partial charge in [-0.2, -0.15) is 0 Å². The van der Waals surface area contributed by atoms with Gasteiger partial charge in [0.05, 0.1) is 0 Å². The molecule has 100 valence electrons. The zero-order valence-electron chi connectivity index (χ0n) is 10.9. The molecule has 0 amide bonds. The second kappa shape index (κ2) is 7.60. The van der Waals surface area contributed by atoms with Gasteiger partial charge in [0.1, 0.15) is 11.9 Å². The lowest BCUT2D eigenvalue weighted by Gasteiger charge is -2.19. The average Bonchev–Trinajstić information content (AvgIpc) is 2.38. The van der Waals surface area contributed by atoms with Gasteiger partial charge in [-0.3, -0.25) is 0 Å². The van der Waals surface area contributed by atoms with Crippen LogP contribution in [0.1, 0.15) is 20.3 Å². The first-order valence-electron chi connectivity index (χ1n) is 6.24. The number of likely N-dealkylation sites (N-methyl/N-ethyl adjacent to an activating group) is 1. The first-order valence-corrected chi connectivity index (χ1v) is 6.24. The summed E-state index contributed by atoms with van der Waals surface area (Å²) in [6.45, 7) is 7.85. The summed E-state index contributed by atoms with van der Waals surface area (Å²) in [4.78, 5) is 16.4. The van der Waals surface area contributed by atoms with Gasteiger partial charge in [0.25, 0.3) is 0 Å². The third-order valence-electron chi connectivity index (χ3n) is 2.69. The van der Waals surface area contributed by atoms with E-state index in [1.165, 1.54) is 6.20 Å². The van der Waals surface area contributed by atoms with Gasteiger partial charge in [-0.25, -0.2) is 0 Å². The van der Waals surface area contributed by atoms with Gasteiger partial charge < -0.3 is 20.3 Å². The van der Waals surface area contributed by atoms with Crippen LogP contribution in [0, 0.1) is 10.1 Å². The molecule has 0 fully saturated rings. The summed E-state index contributed by atoms with van der Waals surface area (Å²) in [6, 6.07) is 3.38. The SMILES string of the molecule is CCCN(CC)CCNc1cccnc1[N+](=O)[O-]. The van der Waals surface area contributed by atoms with Crippen LogP contribution in [-0.2, 0) is 0 Å². The Labute approximate surface area is 107 Å². The second-order valence-electron chi connectivity index (χ2n) is 3.99. The fraction of sp³-hybridized carbons (Fsp3) is 0.583. The highest BCUT2D eigenvalue weighted by molar-refractivity contribution is 5.56. The molecule has 1 heterocycles. The predicted octanol–water partition coefficient (Wildman–Crippen LogP) is 2.13. The molecule has 0 bridgehead atoms. The molecule has 1 aromatic rings. The van der Waals surface area contributed by atoms with Crippen LogP contribution in [0.3, 0.4) is 0 Å². The monoisotopic (exact) mass is 252 g/mol. The summed E-state index contributed by atoms with van der Waals surface area (Å²) < 4.78 is 0. The molecule has 6 nitrogen and oxygen atoms in total. The van der Waals surface area contributed by atoms with Gasteiger partial charge in [-0.15, -0.1) is 0 Å². The third-order valence-corrected chi connectivity index (χ3v) is 2.69. The molecule has 0 aromatic carbocycles. The molecule has 0 aliphatic rings. The Bertz CT molecular complexity index is 384. The highest BCUT2D eigenvalue weighted by Gasteiger charge is 2.13. The molecule has 0 atom stereocenters. The Kier molecular flexibility index (Phi) is 6.07. The molecule has 0 aliphatic heterocycles. The van der Waals surface area contributed by atoms with Crippen LogP contribution in [0.15, 0.2) is 18.3 Å². The van der Waals surface area contributed by atoms with E-state index in [1.807, 2.05) is 0 Å². The minimum Gasteiger partial charge on any atom is -0.377 e. The zero-order chi connectivity index (χ0) is 13.4. The van der Waals surface area contributed by atoms with Crippen molar-refractivity contribution in [1.29, 1.82) is 0 Å². The Morgan fingerprint density at radius 1 is 1.44 bits per heavy atom. The van der Waals surface area contributed by atoms with E-state index in [-0.39, 0.29) is 5.82 Å². The van der Waals surface area contributed by atoms with Crippen molar-refractivity contribution in [2.45, 2.75) is 20.3 Å². The molecule has 0 saturated carbocycles. The highest BCUT2D eigenvalue weighted by Crippen LogP contribution is 2.19. The minimum atomic E-state index is -0.466. The lowest BCUT2D eigenvalue weighted by Crippen LogP contribution is -2.29. The van der Waals surface area contributed by atoms with Crippen molar-refractivity contribution in [3.8, 4) is 0 Å². The van der Waals surface area contributed by atoms with Crippen LogP contribution in [0.25, 0.3) is 0 Å². The van der Waals surface area contributed by atoms with E-state index in [0.717, 1.165) is 26.1 Å². The molecule has 0 aliphatic carbocycles. The zero-order valence-corrected chi connectivity index (χ0v) is 10.9. The van der Waals surface area contributed by atoms with E-state index in [1.54, 1.807) is 12.1 Å². The molecular formula is C12H20N4O2. The Balaban J connectivity index is 2.50. The lowest BCUT2D eigenvalue weighted by molar-refractivity contribution is -0.388. The van der Waals surface area contributed by atoms with Gasteiger partial charge in [-0.05, 0) is 41.6 Å². The smallest absolute Gasteiger partial charge is 0.377 e. The van der Waals surface area contributed by atoms with E-state index < -0.39 is 4.92 Å². The van der Waals surface area contributed by atoms with E-state index in [2.05, 4.69) is 29.0 Å².